The number of hydrogen-bond donors (Lipinski definition) is 1. The molecular weight excluding hydrogens is 392 g/mol. The Balaban J connectivity index is 1.76. The van der Waals surface area contributed by atoms with E-state index in [1.165, 1.54) is 22.3 Å². The van der Waals surface area contributed by atoms with Gasteiger partial charge < -0.3 is 4.90 Å². The van der Waals surface area contributed by atoms with Crippen LogP contribution < -0.4 is 3.53 Å². The fourth-order valence-electron chi connectivity index (χ4n) is 3.72. The lowest BCUT2D eigenvalue weighted by Gasteiger charge is -2.35. The second kappa shape index (κ2) is 7.11. The molecule has 0 spiro atoms. The van der Waals surface area contributed by atoms with Crippen LogP contribution in [0.1, 0.15) is 28.7 Å². The third-order valence-corrected chi connectivity index (χ3v) is 5.72. The van der Waals surface area contributed by atoms with Crippen LogP contribution in [0.15, 0.2) is 12.1 Å². The van der Waals surface area contributed by atoms with Gasteiger partial charge in [0.25, 0.3) is 0 Å². The van der Waals surface area contributed by atoms with Crippen LogP contribution in [0.5, 0.6) is 0 Å². The predicted octanol–water partition coefficient (Wildman–Crippen LogP) is 2.83. The average Bonchev–Trinajstić information content (AvgIpc) is 2.46. The van der Waals surface area contributed by atoms with Gasteiger partial charge in [-0.25, -0.2) is 4.39 Å². The van der Waals surface area contributed by atoms with Crippen molar-refractivity contribution in [3.8, 4) is 0 Å². The van der Waals surface area contributed by atoms with Crippen molar-refractivity contribution in [3.05, 3.63) is 34.4 Å². The van der Waals surface area contributed by atoms with Crippen LogP contribution in [0, 0.1) is 6.92 Å². The van der Waals surface area contributed by atoms with Gasteiger partial charge >= 0.3 is 0 Å². The number of aryl methyl sites for hydroxylation is 1. The molecule has 2 heterocycles. The van der Waals surface area contributed by atoms with Gasteiger partial charge in [0, 0.05) is 55.6 Å². The highest BCUT2D eigenvalue weighted by molar-refractivity contribution is 14.1. The van der Waals surface area contributed by atoms with Crippen LogP contribution in [0.4, 0.5) is 4.39 Å². The molecule has 5 heteroatoms. The summed E-state index contributed by atoms with van der Waals surface area (Å²) in [6.45, 7) is 6.74. The van der Waals surface area contributed by atoms with Crippen LogP contribution in [0.3, 0.4) is 0 Å². The number of nitrogens with one attached hydrogen (secondary N) is 1. The summed E-state index contributed by atoms with van der Waals surface area (Å²) in [7, 11) is 2.18. The quantitative estimate of drug-likeness (QED) is 0.603. The number of alkyl halides is 1. The van der Waals surface area contributed by atoms with E-state index in [9.17, 15) is 4.39 Å². The number of nitrogens with zero attached hydrogens (tertiary/aromatic N) is 2. The molecular formula is C17H25FIN3. The van der Waals surface area contributed by atoms with Gasteiger partial charge in [-0.05, 0) is 43.5 Å². The maximum Gasteiger partial charge on any atom is 0.129 e. The minimum absolute atomic E-state index is 0.0110. The number of benzene rings is 1. The van der Waals surface area contributed by atoms with Crippen molar-refractivity contribution in [2.45, 2.75) is 45.1 Å². The van der Waals surface area contributed by atoms with Gasteiger partial charge in [0.05, 0.1) is 6.04 Å². The van der Waals surface area contributed by atoms with E-state index < -0.39 is 6.17 Å². The lowest BCUT2D eigenvalue weighted by molar-refractivity contribution is 0.110. The standard InChI is InChI=1S/C17H25FIN3/c1-12-7-13-9-21(2)5-3-15(13)14(8-12)10-22-6-4-17(20-19)16(18)11-22/h7-8,16-17,20H,3-6,9-11H2,1-2H3. The number of fused-ring (bicyclic) bond motifs is 1. The minimum Gasteiger partial charge on any atom is -0.302 e. The fourth-order valence-corrected chi connectivity index (χ4v) is 4.42. The van der Waals surface area contributed by atoms with Crippen LogP contribution >= 0.6 is 22.9 Å². The van der Waals surface area contributed by atoms with Crippen molar-refractivity contribution in [2.75, 3.05) is 26.7 Å². The molecule has 2 unspecified atom stereocenters. The molecule has 0 bridgehead atoms. The summed E-state index contributed by atoms with van der Waals surface area (Å²) >= 11 is 2.07. The maximum atomic E-state index is 14.2. The first kappa shape index (κ1) is 16.6. The Labute approximate surface area is 146 Å². The lowest BCUT2D eigenvalue weighted by atomic mass is 9.92. The number of likely N-dealkylation sites (N-methyl/N-ethyl adjacent to an activating group) is 1. The highest BCUT2D eigenvalue weighted by atomic mass is 127. The second-order valence-corrected chi connectivity index (χ2v) is 7.43. The molecule has 0 aromatic heterocycles. The van der Waals surface area contributed by atoms with Gasteiger partial charge in [0.1, 0.15) is 6.17 Å². The third kappa shape index (κ3) is 3.63. The topological polar surface area (TPSA) is 18.5 Å². The zero-order valence-electron chi connectivity index (χ0n) is 13.4. The third-order valence-electron chi connectivity index (χ3n) is 4.92. The fraction of sp³-hybridized carbons (Fsp3) is 0.647. The lowest BCUT2D eigenvalue weighted by Crippen LogP contribution is -2.48. The Hall–Kier alpha value is -0.240. The molecule has 1 saturated heterocycles. The number of piperidine rings is 1. The molecule has 122 valence electrons. The molecule has 1 aromatic carbocycles. The van der Waals surface area contributed by atoms with E-state index in [0.29, 0.717) is 6.54 Å². The Kier molecular flexibility index (Phi) is 5.37. The Morgan fingerprint density at radius 1 is 1.36 bits per heavy atom. The summed E-state index contributed by atoms with van der Waals surface area (Å²) in [6, 6.07) is 4.63. The van der Waals surface area contributed by atoms with E-state index >= 15 is 0 Å². The molecule has 3 rings (SSSR count). The van der Waals surface area contributed by atoms with Crippen molar-refractivity contribution < 1.29 is 4.39 Å². The summed E-state index contributed by atoms with van der Waals surface area (Å²) in [6.07, 6.45) is 1.24. The number of rotatable bonds is 3. The van der Waals surface area contributed by atoms with Gasteiger partial charge in [-0.3, -0.25) is 8.43 Å². The van der Waals surface area contributed by atoms with E-state index in [1.807, 2.05) is 0 Å². The van der Waals surface area contributed by atoms with Crippen LogP contribution in [-0.2, 0) is 19.5 Å². The zero-order valence-corrected chi connectivity index (χ0v) is 15.6. The highest BCUT2D eigenvalue weighted by Gasteiger charge is 2.29. The maximum absolute atomic E-state index is 14.2. The predicted molar refractivity (Wildman–Crippen MR) is 97.0 cm³/mol. The highest BCUT2D eigenvalue weighted by Crippen LogP contribution is 2.26. The Morgan fingerprint density at radius 3 is 2.91 bits per heavy atom. The molecule has 1 N–H and O–H groups in total. The number of hydrogen-bond acceptors (Lipinski definition) is 3. The van der Waals surface area contributed by atoms with Crippen LogP contribution in [-0.4, -0.2) is 48.7 Å². The van der Waals surface area contributed by atoms with Crippen molar-refractivity contribution in [1.82, 2.24) is 13.3 Å². The van der Waals surface area contributed by atoms with Crippen molar-refractivity contribution in [3.63, 3.8) is 0 Å². The Bertz CT molecular complexity index is 537. The van der Waals surface area contributed by atoms with E-state index in [2.05, 4.69) is 62.3 Å². The number of halogens is 2. The van der Waals surface area contributed by atoms with Gasteiger partial charge in [-0.2, -0.15) is 0 Å². The zero-order chi connectivity index (χ0) is 15.7. The SMILES string of the molecule is Cc1cc2c(c(CN3CCC(NI)C(F)C3)c1)CCN(C)C2. The van der Waals surface area contributed by atoms with Crippen molar-refractivity contribution in [2.24, 2.45) is 0 Å². The first-order chi connectivity index (χ1) is 10.6. The second-order valence-electron chi connectivity index (χ2n) is 6.80. The van der Waals surface area contributed by atoms with Crippen LogP contribution in [0.2, 0.25) is 0 Å². The first-order valence-electron chi connectivity index (χ1n) is 8.09. The van der Waals surface area contributed by atoms with E-state index in [1.54, 1.807) is 0 Å². The molecule has 1 aromatic rings. The molecule has 0 amide bonds. The van der Waals surface area contributed by atoms with Gasteiger partial charge in [-0.15, -0.1) is 0 Å². The molecule has 2 atom stereocenters. The van der Waals surface area contributed by atoms with Gasteiger partial charge in [-0.1, -0.05) is 17.7 Å². The van der Waals surface area contributed by atoms with Gasteiger partial charge in [0.15, 0.2) is 0 Å². The summed E-state index contributed by atoms with van der Waals surface area (Å²) in [5.41, 5.74) is 5.71. The molecule has 22 heavy (non-hydrogen) atoms. The largest absolute Gasteiger partial charge is 0.302 e. The Morgan fingerprint density at radius 2 is 2.18 bits per heavy atom. The smallest absolute Gasteiger partial charge is 0.129 e. The van der Waals surface area contributed by atoms with Crippen LogP contribution in [0.25, 0.3) is 0 Å². The van der Waals surface area contributed by atoms with E-state index in [-0.39, 0.29) is 6.04 Å². The molecule has 0 radical (unpaired) electrons. The van der Waals surface area contributed by atoms with Crippen molar-refractivity contribution in [1.29, 1.82) is 0 Å². The van der Waals surface area contributed by atoms with Gasteiger partial charge in [0.2, 0.25) is 0 Å². The molecule has 2 aliphatic rings. The summed E-state index contributed by atoms with van der Waals surface area (Å²) in [4.78, 5) is 4.66. The molecule has 3 nitrogen and oxygen atoms in total. The summed E-state index contributed by atoms with van der Waals surface area (Å²) < 4.78 is 17.2. The average molecular weight is 417 g/mol. The van der Waals surface area contributed by atoms with E-state index in [4.69, 9.17) is 0 Å². The molecule has 0 saturated carbocycles. The normalized spacial score (nSPS) is 26.9. The first-order valence-corrected chi connectivity index (χ1v) is 9.17. The van der Waals surface area contributed by atoms with E-state index in [0.717, 1.165) is 39.0 Å². The number of likely N-dealkylation sites (tertiary alicyclic amines) is 1. The monoisotopic (exact) mass is 417 g/mol. The molecule has 2 aliphatic heterocycles. The summed E-state index contributed by atoms with van der Waals surface area (Å²) in [5, 5.41) is 0. The van der Waals surface area contributed by atoms with Crippen molar-refractivity contribution >= 4 is 22.9 Å². The molecule has 1 fully saturated rings. The summed E-state index contributed by atoms with van der Waals surface area (Å²) in [5.74, 6) is 0. The minimum atomic E-state index is -0.766. The molecule has 0 aliphatic carbocycles.